The molecule has 2 amide bonds. The van der Waals surface area contributed by atoms with E-state index in [1.807, 2.05) is 24.3 Å². The summed E-state index contributed by atoms with van der Waals surface area (Å²) in [5, 5.41) is 14.7. The maximum absolute atomic E-state index is 12.7. The minimum atomic E-state index is -0.933. The van der Waals surface area contributed by atoms with Gasteiger partial charge in [-0.2, -0.15) is 0 Å². The van der Waals surface area contributed by atoms with Gasteiger partial charge >= 0.3 is 12.1 Å². The number of benzene rings is 2. The normalized spacial score (nSPS) is 20.0. The van der Waals surface area contributed by atoms with E-state index in [2.05, 4.69) is 34.9 Å². The summed E-state index contributed by atoms with van der Waals surface area (Å²) in [5.74, 6) is -1.92. The first-order valence-corrected chi connectivity index (χ1v) is 12.0. The Kier molecular flexibility index (Phi) is 7.50. The van der Waals surface area contributed by atoms with Gasteiger partial charge in [-0.15, -0.1) is 0 Å². The van der Waals surface area contributed by atoms with Crippen molar-refractivity contribution in [3.8, 4) is 11.1 Å². The van der Waals surface area contributed by atoms with Gasteiger partial charge < -0.3 is 20.5 Å². The standard InChI is InChI=1S/C27H32N2O5/c1-17(26(31)32)14-28-25(30)19-9-3-2-8-18(19)15-29-27(33)34-16-24-22-12-6-4-10-20(22)21-11-5-7-13-23(21)24/h4-7,10-13,17-19,24H,2-3,8-9,14-16H2,1H3,(H,28,30)(H,29,33)(H,31,32)/t17?,18-,19-/m1/s1. The number of ether oxygens (including phenoxy) is 1. The summed E-state index contributed by atoms with van der Waals surface area (Å²) in [6.45, 7) is 2.29. The highest BCUT2D eigenvalue weighted by atomic mass is 16.5. The van der Waals surface area contributed by atoms with Gasteiger partial charge in [0.25, 0.3) is 0 Å². The van der Waals surface area contributed by atoms with E-state index in [-0.39, 0.29) is 36.8 Å². The number of rotatable bonds is 8. The molecule has 0 radical (unpaired) electrons. The molecule has 34 heavy (non-hydrogen) atoms. The SMILES string of the molecule is CC(CNC(=O)[C@@H]1CCCC[C@@H]1CNC(=O)OCC1c2ccccc2-c2ccccc21)C(=O)O. The lowest BCUT2D eigenvalue weighted by atomic mass is 9.78. The Hall–Kier alpha value is -3.35. The molecule has 1 saturated carbocycles. The molecule has 4 rings (SSSR count). The van der Waals surface area contributed by atoms with Crippen molar-refractivity contribution in [1.82, 2.24) is 10.6 Å². The number of nitrogens with one attached hydrogen (secondary N) is 2. The second kappa shape index (κ2) is 10.7. The molecule has 0 spiro atoms. The number of hydrogen-bond donors (Lipinski definition) is 3. The Morgan fingerprint density at radius 1 is 0.971 bits per heavy atom. The molecular formula is C27H32N2O5. The smallest absolute Gasteiger partial charge is 0.407 e. The lowest BCUT2D eigenvalue weighted by Gasteiger charge is -2.30. The molecule has 2 aromatic carbocycles. The number of aliphatic carboxylic acids is 1. The highest BCUT2D eigenvalue weighted by Gasteiger charge is 2.32. The van der Waals surface area contributed by atoms with E-state index in [9.17, 15) is 14.4 Å². The molecule has 7 nitrogen and oxygen atoms in total. The predicted octanol–water partition coefficient (Wildman–Crippen LogP) is 4.17. The van der Waals surface area contributed by atoms with Crippen LogP contribution in [0.5, 0.6) is 0 Å². The third-order valence-corrected chi connectivity index (χ3v) is 7.10. The number of amides is 2. The van der Waals surface area contributed by atoms with Crippen molar-refractivity contribution in [2.24, 2.45) is 17.8 Å². The second-order valence-electron chi connectivity index (χ2n) is 9.34. The molecule has 2 aliphatic carbocycles. The van der Waals surface area contributed by atoms with Crippen molar-refractivity contribution in [3.05, 3.63) is 59.7 Å². The zero-order valence-corrected chi connectivity index (χ0v) is 19.5. The van der Waals surface area contributed by atoms with Crippen LogP contribution in [0.3, 0.4) is 0 Å². The highest BCUT2D eigenvalue weighted by Crippen LogP contribution is 2.44. The predicted molar refractivity (Wildman–Crippen MR) is 128 cm³/mol. The molecule has 180 valence electrons. The molecule has 0 aliphatic heterocycles. The molecule has 3 N–H and O–H groups in total. The zero-order chi connectivity index (χ0) is 24.1. The van der Waals surface area contributed by atoms with Gasteiger partial charge in [-0.1, -0.05) is 68.3 Å². The van der Waals surface area contributed by atoms with Crippen LogP contribution < -0.4 is 10.6 Å². The summed E-state index contributed by atoms with van der Waals surface area (Å²) in [4.78, 5) is 36.2. The Morgan fingerprint density at radius 2 is 1.59 bits per heavy atom. The molecule has 3 atom stereocenters. The molecule has 0 bridgehead atoms. The molecule has 1 fully saturated rings. The number of carboxylic acid groups (broad SMARTS) is 1. The summed E-state index contributed by atoms with van der Waals surface area (Å²) >= 11 is 0. The van der Waals surface area contributed by atoms with Crippen molar-refractivity contribution in [1.29, 1.82) is 0 Å². The van der Waals surface area contributed by atoms with Crippen LogP contribution in [0.25, 0.3) is 11.1 Å². The van der Waals surface area contributed by atoms with Gasteiger partial charge in [-0.25, -0.2) is 4.79 Å². The first kappa shape index (κ1) is 23.8. The average Bonchev–Trinajstić information content (AvgIpc) is 3.18. The largest absolute Gasteiger partial charge is 0.481 e. The van der Waals surface area contributed by atoms with Crippen molar-refractivity contribution >= 4 is 18.0 Å². The van der Waals surface area contributed by atoms with Crippen LogP contribution in [0, 0.1) is 17.8 Å². The topological polar surface area (TPSA) is 105 Å². The Labute approximate surface area is 199 Å². The number of fused-ring (bicyclic) bond motifs is 3. The molecule has 1 unspecified atom stereocenters. The minimum absolute atomic E-state index is 0.00239. The van der Waals surface area contributed by atoms with Crippen LogP contribution in [0.15, 0.2) is 48.5 Å². The van der Waals surface area contributed by atoms with E-state index in [4.69, 9.17) is 9.84 Å². The number of carbonyl (C=O) groups excluding carboxylic acids is 2. The van der Waals surface area contributed by atoms with Gasteiger partial charge in [-0.3, -0.25) is 9.59 Å². The van der Waals surface area contributed by atoms with Crippen LogP contribution in [-0.4, -0.2) is 42.8 Å². The van der Waals surface area contributed by atoms with Crippen LogP contribution in [0.2, 0.25) is 0 Å². The minimum Gasteiger partial charge on any atom is -0.481 e. The summed E-state index contributed by atoms with van der Waals surface area (Å²) in [6, 6.07) is 16.4. The Balaban J connectivity index is 1.30. The zero-order valence-electron chi connectivity index (χ0n) is 19.5. The van der Waals surface area contributed by atoms with Crippen molar-refractivity contribution < 1.29 is 24.2 Å². The van der Waals surface area contributed by atoms with E-state index in [1.165, 1.54) is 11.1 Å². The van der Waals surface area contributed by atoms with Gasteiger partial charge in [0.1, 0.15) is 6.61 Å². The van der Waals surface area contributed by atoms with Gasteiger partial charge in [0.15, 0.2) is 0 Å². The summed E-state index contributed by atoms with van der Waals surface area (Å²) in [5.41, 5.74) is 4.69. The summed E-state index contributed by atoms with van der Waals surface area (Å²) < 4.78 is 5.62. The highest BCUT2D eigenvalue weighted by molar-refractivity contribution is 5.80. The fourth-order valence-electron chi connectivity index (χ4n) is 5.13. The number of carbonyl (C=O) groups is 3. The third kappa shape index (κ3) is 5.24. The average molecular weight is 465 g/mol. The van der Waals surface area contributed by atoms with Crippen LogP contribution in [-0.2, 0) is 14.3 Å². The summed E-state index contributed by atoms with van der Waals surface area (Å²) in [6.07, 6.45) is 3.06. The third-order valence-electron chi connectivity index (χ3n) is 7.10. The van der Waals surface area contributed by atoms with Gasteiger partial charge in [0, 0.05) is 24.9 Å². The first-order valence-electron chi connectivity index (χ1n) is 12.0. The molecule has 0 saturated heterocycles. The molecule has 2 aromatic rings. The number of alkyl carbamates (subject to hydrolysis) is 1. The Morgan fingerprint density at radius 3 is 2.24 bits per heavy atom. The van der Waals surface area contributed by atoms with Crippen LogP contribution in [0.4, 0.5) is 4.79 Å². The molecular weight excluding hydrogens is 432 g/mol. The maximum atomic E-state index is 12.7. The Bertz CT molecular complexity index is 1010. The molecule has 0 aromatic heterocycles. The first-order chi connectivity index (χ1) is 16.5. The molecule has 0 heterocycles. The molecule has 7 heteroatoms. The lowest BCUT2D eigenvalue weighted by Crippen LogP contribution is -2.43. The van der Waals surface area contributed by atoms with E-state index in [0.29, 0.717) is 6.54 Å². The van der Waals surface area contributed by atoms with Crippen molar-refractivity contribution in [2.75, 3.05) is 19.7 Å². The van der Waals surface area contributed by atoms with E-state index >= 15 is 0 Å². The molecule has 2 aliphatic rings. The van der Waals surface area contributed by atoms with Crippen molar-refractivity contribution in [2.45, 2.75) is 38.5 Å². The van der Waals surface area contributed by atoms with Crippen LogP contribution >= 0.6 is 0 Å². The van der Waals surface area contributed by atoms with Crippen molar-refractivity contribution in [3.63, 3.8) is 0 Å². The number of hydrogen-bond acceptors (Lipinski definition) is 4. The monoisotopic (exact) mass is 464 g/mol. The fourth-order valence-corrected chi connectivity index (χ4v) is 5.13. The quantitative estimate of drug-likeness (QED) is 0.544. The lowest BCUT2D eigenvalue weighted by molar-refractivity contribution is -0.141. The maximum Gasteiger partial charge on any atom is 0.407 e. The van der Waals surface area contributed by atoms with E-state index in [0.717, 1.165) is 36.8 Å². The summed E-state index contributed by atoms with van der Waals surface area (Å²) in [7, 11) is 0. The van der Waals surface area contributed by atoms with E-state index in [1.54, 1.807) is 6.92 Å². The van der Waals surface area contributed by atoms with Gasteiger partial charge in [-0.05, 0) is 41.0 Å². The van der Waals surface area contributed by atoms with Gasteiger partial charge in [0.05, 0.1) is 5.92 Å². The fraction of sp³-hybridized carbons (Fsp3) is 0.444. The second-order valence-corrected chi connectivity index (χ2v) is 9.34. The van der Waals surface area contributed by atoms with Gasteiger partial charge in [0.2, 0.25) is 5.91 Å². The van der Waals surface area contributed by atoms with E-state index < -0.39 is 18.0 Å². The number of carboxylic acids is 1. The van der Waals surface area contributed by atoms with Crippen LogP contribution in [0.1, 0.15) is 49.7 Å².